The molecule has 2 amide bonds. The van der Waals surface area contributed by atoms with Crippen LogP contribution in [0.3, 0.4) is 0 Å². The molecule has 0 aliphatic carbocycles. The first-order valence-corrected chi connectivity index (χ1v) is 7.92. The van der Waals surface area contributed by atoms with Crippen LogP contribution < -0.4 is 5.32 Å². The highest BCUT2D eigenvalue weighted by atomic mass is 16.5. The molecule has 0 saturated heterocycles. The van der Waals surface area contributed by atoms with E-state index in [0.29, 0.717) is 22.7 Å². The van der Waals surface area contributed by atoms with Gasteiger partial charge in [0.1, 0.15) is 23.2 Å². The zero-order chi connectivity index (χ0) is 19.6. The van der Waals surface area contributed by atoms with E-state index in [-0.39, 0.29) is 11.1 Å². The number of rotatable bonds is 3. The molecule has 0 fully saturated rings. The summed E-state index contributed by atoms with van der Waals surface area (Å²) in [5, 5.41) is 11.2. The molecule has 0 unspecified atom stereocenters. The van der Waals surface area contributed by atoms with Crippen molar-refractivity contribution in [2.45, 2.75) is 6.92 Å². The van der Waals surface area contributed by atoms with Gasteiger partial charge >= 0.3 is 5.97 Å². The largest absolute Gasteiger partial charge is 0.465 e. The van der Waals surface area contributed by atoms with Gasteiger partial charge in [0, 0.05) is 11.1 Å². The van der Waals surface area contributed by atoms with E-state index in [4.69, 9.17) is 9.68 Å². The van der Waals surface area contributed by atoms with Crippen LogP contribution in [0.1, 0.15) is 23.0 Å². The average Bonchev–Trinajstić information content (AvgIpc) is 3.13. The van der Waals surface area contributed by atoms with Crippen molar-refractivity contribution in [1.29, 1.82) is 5.26 Å². The van der Waals surface area contributed by atoms with Gasteiger partial charge in [-0.2, -0.15) is 5.26 Å². The van der Waals surface area contributed by atoms with Crippen LogP contribution in [0.2, 0.25) is 0 Å². The Morgan fingerprint density at radius 3 is 2.48 bits per heavy atom. The first kappa shape index (κ1) is 17.9. The summed E-state index contributed by atoms with van der Waals surface area (Å²) in [5.41, 5.74) is 1.54. The van der Waals surface area contributed by atoms with Crippen molar-refractivity contribution >= 4 is 23.9 Å². The molecule has 1 aliphatic rings. The SMILES string of the molecule is COC(=O)c1ccc(-c2ccc(C=C3C(=O)NC(=O)C(C#N)=C3C)o2)cc1. The maximum atomic E-state index is 12.1. The first-order valence-electron chi connectivity index (χ1n) is 7.92. The number of benzene rings is 1. The molecule has 2 heterocycles. The minimum Gasteiger partial charge on any atom is -0.465 e. The van der Waals surface area contributed by atoms with Gasteiger partial charge in [-0.1, -0.05) is 12.1 Å². The van der Waals surface area contributed by atoms with Gasteiger partial charge < -0.3 is 9.15 Å². The summed E-state index contributed by atoms with van der Waals surface area (Å²) in [5.74, 6) is -0.800. The van der Waals surface area contributed by atoms with Crippen LogP contribution in [-0.2, 0) is 14.3 Å². The van der Waals surface area contributed by atoms with Gasteiger partial charge in [0.2, 0.25) is 0 Å². The maximum absolute atomic E-state index is 12.1. The second kappa shape index (κ2) is 7.14. The summed E-state index contributed by atoms with van der Waals surface area (Å²) in [6, 6.07) is 11.8. The Kier molecular flexibility index (Phi) is 4.73. The number of esters is 1. The number of imide groups is 1. The van der Waals surface area contributed by atoms with Crippen molar-refractivity contribution in [3.8, 4) is 17.4 Å². The average molecular weight is 362 g/mol. The van der Waals surface area contributed by atoms with Gasteiger partial charge in [0.05, 0.1) is 12.7 Å². The Morgan fingerprint density at radius 2 is 1.85 bits per heavy atom. The fourth-order valence-electron chi connectivity index (χ4n) is 2.63. The molecule has 134 valence electrons. The van der Waals surface area contributed by atoms with E-state index in [2.05, 4.69) is 10.1 Å². The summed E-state index contributed by atoms with van der Waals surface area (Å²) in [4.78, 5) is 35.2. The Labute approximate surface area is 154 Å². The van der Waals surface area contributed by atoms with E-state index in [1.54, 1.807) is 42.5 Å². The van der Waals surface area contributed by atoms with Crippen LogP contribution in [0.4, 0.5) is 0 Å². The molecule has 0 spiro atoms. The van der Waals surface area contributed by atoms with E-state index < -0.39 is 17.8 Å². The van der Waals surface area contributed by atoms with Gasteiger partial charge in [0.25, 0.3) is 11.8 Å². The Bertz CT molecular complexity index is 1050. The summed E-state index contributed by atoms with van der Waals surface area (Å²) >= 11 is 0. The fourth-order valence-corrected chi connectivity index (χ4v) is 2.63. The van der Waals surface area contributed by atoms with Crippen LogP contribution >= 0.6 is 0 Å². The van der Waals surface area contributed by atoms with Crippen molar-refractivity contribution in [2.24, 2.45) is 0 Å². The van der Waals surface area contributed by atoms with Crippen molar-refractivity contribution in [3.63, 3.8) is 0 Å². The molecule has 3 rings (SSSR count). The Balaban J connectivity index is 1.92. The second-order valence-electron chi connectivity index (χ2n) is 5.72. The molecular formula is C20H14N2O5. The topological polar surface area (TPSA) is 109 Å². The molecule has 1 aliphatic heterocycles. The molecule has 0 bridgehead atoms. The molecule has 1 aromatic heterocycles. The van der Waals surface area contributed by atoms with Crippen LogP contribution in [0, 0.1) is 11.3 Å². The maximum Gasteiger partial charge on any atom is 0.337 e. The standard InChI is InChI=1S/C20H14N2O5/c1-11-15(18(23)22-19(24)16(11)10-21)9-14-7-8-17(27-14)12-3-5-13(6-4-12)20(25)26-2/h3-9H,1-2H3,(H,22,23,24). The minimum atomic E-state index is -0.706. The monoisotopic (exact) mass is 362 g/mol. The van der Waals surface area contributed by atoms with E-state index in [1.165, 1.54) is 20.1 Å². The highest BCUT2D eigenvalue weighted by Gasteiger charge is 2.27. The lowest BCUT2D eigenvalue weighted by molar-refractivity contribution is -0.126. The number of amides is 2. The van der Waals surface area contributed by atoms with E-state index in [0.717, 1.165) is 5.56 Å². The van der Waals surface area contributed by atoms with Gasteiger partial charge in [-0.3, -0.25) is 14.9 Å². The number of methoxy groups -OCH3 is 1. The van der Waals surface area contributed by atoms with Gasteiger partial charge in [-0.15, -0.1) is 0 Å². The van der Waals surface area contributed by atoms with Crippen molar-refractivity contribution in [2.75, 3.05) is 7.11 Å². The fraction of sp³-hybridized carbons (Fsp3) is 0.100. The number of nitrogens with zero attached hydrogens (tertiary/aromatic N) is 1. The molecule has 1 aromatic carbocycles. The third-order valence-electron chi connectivity index (χ3n) is 4.09. The van der Waals surface area contributed by atoms with Crippen molar-refractivity contribution in [3.05, 3.63) is 64.4 Å². The molecule has 1 N–H and O–H groups in total. The van der Waals surface area contributed by atoms with Gasteiger partial charge in [-0.25, -0.2) is 4.79 Å². The number of hydrogen-bond acceptors (Lipinski definition) is 6. The zero-order valence-electron chi connectivity index (χ0n) is 14.5. The summed E-state index contributed by atoms with van der Waals surface area (Å²) in [6.07, 6.45) is 1.47. The predicted octanol–water partition coefficient (Wildman–Crippen LogP) is 2.61. The van der Waals surface area contributed by atoms with Crippen molar-refractivity contribution in [1.82, 2.24) is 5.32 Å². The number of ether oxygens (including phenoxy) is 1. The highest BCUT2D eigenvalue weighted by Crippen LogP contribution is 2.27. The number of carbonyl (C=O) groups excluding carboxylic acids is 3. The number of furan rings is 1. The van der Waals surface area contributed by atoms with Crippen molar-refractivity contribution < 1.29 is 23.5 Å². The lowest BCUT2D eigenvalue weighted by Gasteiger charge is -2.15. The molecule has 7 heteroatoms. The molecule has 27 heavy (non-hydrogen) atoms. The van der Waals surface area contributed by atoms with Crippen LogP contribution in [-0.4, -0.2) is 24.9 Å². The van der Waals surface area contributed by atoms with E-state index >= 15 is 0 Å². The Morgan fingerprint density at radius 1 is 1.15 bits per heavy atom. The summed E-state index contributed by atoms with van der Waals surface area (Å²) in [6.45, 7) is 1.54. The quantitative estimate of drug-likeness (QED) is 0.511. The van der Waals surface area contributed by atoms with E-state index in [9.17, 15) is 14.4 Å². The highest BCUT2D eigenvalue weighted by molar-refractivity contribution is 6.19. The molecule has 7 nitrogen and oxygen atoms in total. The second-order valence-corrected chi connectivity index (χ2v) is 5.72. The lowest BCUT2D eigenvalue weighted by atomic mass is 9.96. The first-order chi connectivity index (χ1) is 12.9. The normalized spacial score (nSPS) is 15.5. The zero-order valence-corrected chi connectivity index (χ0v) is 14.5. The molecule has 2 aromatic rings. The molecular weight excluding hydrogens is 348 g/mol. The minimum absolute atomic E-state index is 0.106. The third-order valence-corrected chi connectivity index (χ3v) is 4.09. The summed E-state index contributed by atoms with van der Waals surface area (Å²) < 4.78 is 10.4. The number of hydrogen-bond donors (Lipinski definition) is 1. The predicted molar refractivity (Wildman–Crippen MR) is 94.9 cm³/mol. The van der Waals surface area contributed by atoms with Crippen LogP contribution in [0.5, 0.6) is 0 Å². The number of nitrogens with one attached hydrogen (secondary N) is 1. The number of carbonyl (C=O) groups is 3. The molecule has 0 atom stereocenters. The molecule has 0 radical (unpaired) electrons. The van der Waals surface area contributed by atoms with E-state index in [1.807, 2.05) is 0 Å². The van der Waals surface area contributed by atoms with Crippen LogP contribution in [0.15, 0.2) is 57.5 Å². The lowest BCUT2D eigenvalue weighted by Crippen LogP contribution is -2.37. The van der Waals surface area contributed by atoms with Gasteiger partial charge in [0.15, 0.2) is 0 Å². The number of nitriles is 1. The third kappa shape index (κ3) is 3.41. The Hall–Kier alpha value is -3.92. The smallest absolute Gasteiger partial charge is 0.337 e. The summed E-state index contributed by atoms with van der Waals surface area (Å²) in [7, 11) is 1.31. The van der Waals surface area contributed by atoms with Gasteiger partial charge in [-0.05, 0) is 42.8 Å². The van der Waals surface area contributed by atoms with Crippen LogP contribution in [0.25, 0.3) is 17.4 Å². The molecule has 0 saturated carbocycles.